The summed E-state index contributed by atoms with van der Waals surface area (Å²) in [7, 11) is 0. The van der Waals surface area contributed by atoms with E-state index in [1.54, 1.807) is 12.1 Å². The summed E-state index contributed by atoms with van der Waals surface area (Å²) in [5.41, 5.74) is 2.17. The van der Waals surface area contributed by atoms with Crippen LogP contribution in [-0.2, 0) is 10.2 Å². The number of carbonyl (C=O) groups is 2. The Balaban J connectivity index is 2.14. The average molecular weight is 367 g/mol. The first kappa shape index (κ1) is 18.1. The van der Waals surface area contributed by atoms with Crippen LogP contribution in [0.15, 0.2) is 89.9 Å². The van der Waals surface area contributed by atoms with Gasteiger partial charge < -0.3 is 0 Å². The molecule has 0 aromatic heterocycles. The van der Waals surface area contributed by atoms with Gasteiger partial charge in [-0.25, -0.2) is 0 Å². The van der Waals surface area contributed by atoms with Crippen molar-refractivity contribution < 1.29 is 9.59 Å². The van der Waals surface area contributed by atoms with Crippen molar-refractivity contribution in [2.24, 2.45) is 4.99 Å². The molecule has 0 aliphatic heterocycles. The van der Waals surface area contributed by atoms with Gasteiger partial charge in [0, 0.05) is 11.6 Å². The molecule has 0 spiro atoms. The molecule has 1 unspecified atom stereocenters. The first-order valence-electron chi connectivity index (χ1n) is 9.44. The van der Waals surface area contributed by atoms with Gasteiger partial charge in [-0.05, 0) is 30.5 Å². The second-order valence-corrected chi connectivity index (χ2v) is 7.26. The summed E-state index contributed by atoms with van der Waals surface area (Å²) in [6, 6.07) is 26.5. The van der Waals surface area contributed by atoms with E-state index >= 15 is 0 Å². The number of Topliss-reactive ketones (excluding diaryl/α,β-unsaturated/α-hetero) is 2. The summed E-state index contributed by atoms with van der Waals surface area (Å²) in [6.07, 6.45) is 0. The zero-order chi connectivity index (χ0) is 19.7. The van der Waals surface area contributed by atoms with Crippen molar-refractivity contribution in [3.8, 4) is 0 Å². The molecule has 0 fully saturated rings. The molecule has 3 nitrogen and oxygen atoms in total. The minimum absolute atomic E-state index is 0.0357. The molecule has 138 valence electrons. The molecule has 0 heterocycles. The summed E-state index contributed by atoms with van der Waals surface area (Å²) < 4.78 is 0. The summed E-state index contributed by atoms with van der Waals surface area (Å²) in [5, 5.41) is 0. The topological polar surface area (TPSA) is 46.5 Å². The Morgan fingerprint density at radius 2 is 1.36 bits per heavy atom. The third-order valence-corrected chi connectivity index (χ3v) is 5.12. The Kier molecular flexibility index (Phi) is 4.52. The fourth-order valence-corrected chi connectivity index (χ4v) is 4.01. The molecule has 3 heteroatoms. The highest BCUT2D eigenvalue weighted by Crippen LogP contribution is 2.44. The Morgan fingerprint density at radius 3 is 2.00 bits per heavy atom. The van der Waals surface area contributed by atoms with Crippen LogP contribution in [-0.4, -0.2) is 23.3 Å². The van der Waals surface area contributed by atoms with Crippen molar-refractivity contribution in [3.63, 3.8) is 0 Å². The molecule has 0 radical (unpaired) electrons. The average Bonchev–Trinajstić information content (AvgIpc) is 2.96. The van der Waals surface area contributed by atoms with E-state index in [1.165, 1.54) is 0 Å². The van der Waals surface area contributed by atoms with Gasteiger partial charge in [0.25, 0.3) is 0 Å². The quantitative estimate of drug-likeness (QED) is 0.498. The highest BCUT2D eigenvalue weighted by Gasteiger charge is 2.56. The van der Waals surface area contributed by atoms with Gasteiger partial charge in [-0.15, -0.1) is 0 Å². The number of ketones is 2. The minimum Gasteiger partial charge on any atom is -0.289 e. The number of hydrogen-bond donors (Lipinski definition) is 0. The van der Waals surface area contributed by atoms with E-state index in [2.05, 4.69) is 0 Å². The Labute approximate surface area is 164 Å². The summed E-state index contributed by atoms with van der Waals surface area (Å²) in [6.45, 7) is 3.96. The maximum absolute atomic E-state index is 13.7. The fraction of sp³-hybridized carbons (Fsp3) is 0.160. The highest BCUT2D eigenvalue weighted by molar-refractivity contribution is 6.56. The van der Waals surface area contributed by atoms with Gasteiger partial charge in [-0.3, -0.25) is 14.6 Å². The summed E-state index contributed by atoms with van der Waals surface area (Å²) >= 11 is 0. The molecule has 28 heavy (non-hydrogen) atoms. The fourth-order valence-electron chi connectivity index (χ4n) is 4.01. The molecular weight excluding hydrogens is 346 g/mol. The number of carbonyl (C=O) groups excluding carboxylic acids is 2. The smallest absolute Gasteiger partial charge is 0.230 e. The highest BCUT2D eigenvalue weighted by atomic mass is 16.2. The molecule has 1 atom stereocenters. The lowest BCUT2D eigenvalue weighted by Gasteiger charge is -2.31. The molecule has 1 aliphatic carbocycles. The van der Waals surface area contributed by atoms with Crippen molar-refractivity contribution in [1.82, 2.24) is 0 Å². The normalized spacial score (nSPS) is 19.2. The second kappa shape index (κ2) is 7.01. The van der Waals surface area contributed by atoms with Crippen LogP contribution in [0.3, 0.4) is 0 Å². The molecule has 0 bridgehead atoms. The summed E-state index contributed by atoms with van der Waals surface area (Å²) in [4.78, 5) is 31.6. The van der Waals surface area contributed by atoms with Crippen LogP contribution in [0.2, 0.25) is 0 Å². The zero-order valence-corrected chi connectivity index (χ0v) is 15.9. The van der Waals surface area contributed by atoms with Crippen LogP contribution in [0.4, 0.5) is 0 Å². The molecule has 4 rings (SSSR count). The van der Waals surface area contributed by atoms with Gasteiger partial charge in [0.2, 0.25) is 11.6 Å². The third-order valence-electron chi connectivity index (χ3n) is 5.12. The lowest BCUT2D eigenvalue weighted by atomic mass is 9.69. The Morgan fingerprint density at radius 1 is 0.786 bits per heavy atom. The van der Waals surface area contributed by atoms with E-state index in [0.717, 1.165) is 11.1 Å². The lowest BCUT2D eigenvalue weighted by Crippen LogP contribution is -2.44. The maximum Gasteiger partial charge on any atom is 0.230 e. The third kappa shape index (κ3) is 2.63. The Bertz CT molecular complexity index is 1070. The van der Waals surface area contributed by atoms with E-state index in [4.69, 9.17) is 4.99 Å². The molecule has 0 saturated heterocycles. The largest absolute Gasteiger partial charge is 0.289 e. The van der Waals surface area contributed by atoms with Gasteiger partial charge in [-0.2, -0.15) is 0 Å². The van der Waals surface area contributed by atoms with Crippen molar-refractivity contribution in [2.45, 2.75) is 25.3 Å². The molecular formula is C25H21NO2. The van der Waals surface area contributed by atoms with Crippen LogP contribution in [0, 0.1) is 0 Å². The SMILES string of the molecule is CC(C)N=C(c1ccccc1)C1(c2ccccc2)C(=O)C(=O)c2ccccc21. The van der Waals surface area contributed by atoms with Crippen molar-refractivity contribution in [2.75, 3.05) is 0 Å². The van der Waals surface area contributed by atoms with Crippen LogP contribution < -0.4 is 0 Å². The van der Waals surface area contributed by atoms with E-state index in [0.29, 0.717) is 16.8 Å². The maximum atomic E-state index is 13.7. The summed E-state index contributed by atoms with van der Waals surface area (Å²) in [5.74, 6) is -0.894. The van der Waals surface area contributed by atoms with Gasteiger partial charge >= 0.3 is 0 Å². The molecule has 0 N–H and O–H groups in total. The van der Waals surface area contributed by atoms with Gasteiger partial charge in [-0.1, -0.05) is 84.9 Å². The standard InChI is InChI=1S/C25H21NO2/c1-17(2)26-23(18-11-5-3-6-12-18)25(19-13-7-4-8-14-19)21-16-10-9-15-20(21)22(27)24(25)28/h3-17H,1-2H3. The molecule has 1 aliphatic rings. The molecule has 3 aromatic rings. The number of aliphatic imine (C=N–C) groups is 1. The number of fused-ring (bicyclic) bond motifs is 1. The second-order valence-electron chi connectivity index (χ2n) is 7.26. The van der Waals surface area contributed by atoms with E-state index in [1.807, 2.05) is 86.6 Å². The van der Waals surface area contributed by atoms with E-state index in [9.17, 15) is 9.59 Å². The van der Waals surface area contributed by atoms with Crippen molar-refractivity contribution in [1.29, 1.82) is 0 Å². The molecule has 3 aromatic carbocycles. The zero-order valence-electron chi connectivity index (χ0n) is 15.9. The predicted octanol–water partition coefficient (Wildman–Crippen LogP) is 4.64. The van der Waals surface area contributed by atoms with Crippen molar-refractivity contribution >= 4 is 17.3 Å². The van der Waals surface area contributed by atoms with Crippen LogP contribution >= 0.6 is 0 Å². The number of rotatable bonds is 4. The van der Waals surface area contributed by atoms with Gasteiger partial charge in [0.15, 0.2) is 0 Å². The number of nitrogens with zero attached hydrogens (tertiary/aromatic N) is 1. The lowest BCUT2D eigenvalue weighted by molar-refractivity contribution is -0.116. The first-order chi connectivity index (χ1) is 13.6. The molecule has 0 saturated carbocycles. The van der Waals surface area contributed by atoms with Crippen LogP contribution in [0.5, 0.6) is 0 Å². The minimum atomic E-state index is -1.24. The first-order valence-corrected chi connectivity index (χ1v) is 9.44. The van der Waals surface area contributed by atoms with E-state index < -0.39 is 17.0 Å². The van der Waals surface area contributed by atoms with Crippen LogP contribution in [0.1, 0.15) is 40.9 Å². The van der Waals surface area contributed by atoms with Gasteiger partial charge in [0.05, 0.1) is 5.71 Å². The van der Waals surface area contributed by atoms with Crippen LogP contribution in [0.25, 0.3) is 0 Å². The predicted molar refractivity (Wildman–Crippen MR) is 111 cm³/mol. The number of hydrogen-bond acceptors (Lipinski definition) is 3. The Hall–Kier alpha value is -3.33. The van der Waals surface area contributed by atoms with Crippen molar-refractivity contribution in [3.05, 3.63) is 107 Å². The molecule has 0 amide bonds. The van der Waals surface area contributed by atoms with Gasteiger partial charge in [0.1, 0.15) is 5.41 Å². The monoisotopic (exact) mass is 367 g/mol. The number of benzene rings is 3. The van der Waals surface area contributed by atoms with E-state index in [-0.39, 0.29) is 6.04 Å².